The van der Waals surface area contributed by atoms with Crippen molar-refractivity contribution < 1.29 is 4.79 Å². The zero-order chi connectivity index (χ0) is 14.4. The van der Waals surface area contributed by atoms with Gasteiger partial charge in [0.05, 0.1) is 0 Å². The summed E-state index contributed by atoms with van der Waals surface area (Å²) in [5.41, 5.74) is 6.99. The molecule has 106 valence electrons. The van der Waals surface area contributed by atoms with Gasteiger partial charge in [-0.3, -0.25) is 9.69 Å². The monoisotopic (exact) mass is 327 g/mol. The molecule has 0 aliphatic rings. The van der Waals surface area contributed by atoms with Gasteiger partial charge in [-0.1, -0.05) is 28.1 Å². The van der Waals surface area contributed by atoms with Crippen LogP contribution in [0, 0.1) is 0 Å². The van der Waals surface area contributed by atoms with Gasteiger partial charge in [0.15, 0.2) is 0 Å². The van der Waals surface area contributed by atoms with E-state index in [0.29, 0.717) is 13.0 Å². The maximum absolute atomic E-state index is 11.8. The third-order valence-corrected chi connectivity index (χ3v) is 3.62. The summed E-state index contributed by atoms with van der Waals surface area (Å²) in [5.74, 6) is 0.108. The van der Waals surface area contributed by atoms with Crippen LogP contribution >= 0.6 is 15.9 Å². The molecule has 0 spiro atoms. The predicted molar refractivity (Wildman–Crippen MR) is 81.8 cm³/mol. The molecule has 1 aromatic rings. The lowest BCUT2D eigenvalue weighted by atomic mass is 10.1. The Bertz CT molecular complexity index is 423. The van der Waals surface area contributed by atoms with Crippen molar-refractivity contribution in [1.29, 1.82) is 0 Å². The highest BCUT2D eigenvalue weighted by molar-refractivity contribution is 9.10. The summed E-state index contributed by atoms with van der Waals surface area (Å²) in [5, 5.41) is 0. The summed E-state index contributed by atoms with van der Waals surface area (Å²) in [6, 6.07) is 8.23. The third kappa shape index (κ3) is 5.30. The van der Waals surface area contributed by atoms with Crippen LogP contribution in [0.15, 0.2) is 28.7 Å². The number of carbonyl (C=O) groups is 1. The molecule has 0 aromatic heterocycles. The number of nitrogens with zero attached hydrogens (tertiary/aromatic N) is 2. The second-order valence-electron chi connectivity index (χ2n) is 4.93. The molecule has 0 saturated heterocycles. The van der Waals surface area contributed by atoms with E-state index in [0.717, 1.165) is 11.0 Å². The standard InChI is InChI=1S/C14H22BrN3O/c1-17(2)14(19)8-13(9-16)18(3)10-11-5-4-6-12(15)7-11/h4-7,13H,8-10,16H2,1-3H3. The molecule has 1 unspecified atom stereocenters. The van der Waals surface area contributed by atoms with Gasteiger partial charge in [0.2, 0.25) is 5.91 Å². The molecular weight excluding hydrogens is 306 g/mol. The number of nitrogens with two attached hydrogens (primary N) is 1. The Balaban J connectivity index is 2.63. The van der Waals surface area contributed by atoms with Crippen LogP contribution in [0.1, 0.15) is 12.0 Å². The summed E-state index contributed by atoms with van der Waals surface area (Å²) in [6.07, 6.45) is 0.452. The minimum absolute atomic E-state index is 0.0638. The predicted octanol–water partition coefficient (Wildman–Crippen LogP) is 1.69. The molecule has 2 N–H and O–H groups in total. The summed E-state index contributed by atoms with van der Waals surface area (Å²) in [7, 11) is 5.54. The molecule has 1 aromatic carbocycles. The van der Waals surface area contributed by atoms with Crippen LogP contribution in [0.5, 0.6) is 0 Å². The molecule has 0 saturated carbocycles. The number of halogens is 1. The minimum atomic E-state index is 0.0638. The van der Waals surface area contributed by atoms with Crippen LogP contribution < -0.4 is 5.73 Å². The number of likely N-dealkylation sites (N-methyl/N-ethyl adjacent to an activating group) is 1. The van der Waals surface area contributed by atoms with Gasteiger partial charge in [0.1, 0.15) is 0 Å². The molecule has 1 rings (SSSR count). The van der Waals surface area contributed by atoms with Crippen LogP contribution in [-0.4, -0.2) is 49.4 Å². The van der Waals surface area contributed by atoms with Crippen LogP contribution in [-0.2, 0) is 11.3 Å². The largest absolute Gasteiger partial charge is 0.349 e. The summed E-state index contributed by atoms with van der Waals surface area (Å²) in [6.45, 7) is 1.26. The first-order valence-corrected chi connectivity index (χ1v) is 7.08. The summed E-state index contributed by atoms with van der Waals surface area (Å²) >= 11 is 3.46. The fraction of sp³-hybridized carbons (Fsp3) is 0.500. The average Bonchev–Trinajstić information content (AvgIpc) is 2.35. The zero-order valence-electron chi connectivity index (χ0n) is 11.8. The normalized spacial score (nSPS) is 12.5. The van der Waals surface area contributed by atoms with E-state index in [1.54, 1.807) is 19.0 Å². The van der Waals surface area contributed by atoms with Crippen LogP contribution in [0.2, 0.25) is 0 Å². The molecule has 1 atom stereocenters. The topological polar surface area (TPSA) is 49.6 Å². The van der Waals surface area contributed by atoms with Crippen molar-refractivity contribution >= 4 is 21.8 Å². The van der Waals surface area contributed by atoms with E-state index in [1.807, 2.05) is 19.2 Å². The Hall–Kier alpha value is -0.910. The Morgan fingerprint density at radius 2 is 2.05 bits per heavy atom. The lowest BCUT2D eigenvalue weighted by Gasteiger charge is -2.27. The molecule has 0 aliphatic heterocycles. The first-order chi connectivity index (χ1) is 8.93. The van der Waals surface area contributed by atoms with Crippen molar-refractivity contribution in [1.82, 2.24) is 9.80 Å². The van der Waals surface area contributed by atoms with Gasteiger partial charge >= 0.3 is 0 Å². The number of rotatable bonds is 6. The van der Waals surface area contributed by atoms with E-state index >= 15 is 0 Å². The quantitative estimate of drug-likeness (QED) is 0.864. The Kier molecular flexibility index (Phi) is 6.48. The summed E-state index contributed by atoms with van der Waals surface area (Å²) in [4.78, 5) is 15.5. The Labute approximate surface area is 123 Å². The fourth-order valence-electron chi connectivity index (χ4n) is 1.86. The van der Waals surface area contributed by atoms with E-state index in [9.17, 15) is 4.79 Å². The van der Waals surface area contributed by atoms with Gasteiger partial charge in [-0.2, -0.15) is 0 Å². The Morgan fingerprint density at radius 3 is 2.58 bits per heavy atom. The zero-order valence-corrected chi connectivity index (χ0v) is 13.4. The molecule has 0 fully saturated rings. The van der Waals surface area contributed by atoms with E-state index in [2.05, 4.69) is 33.0 Å². The lowest BCUT2D eigenvalue weighted by molar-refractivity contribution is -0.129. The molecule has 0 heterocycles. The van der Waals surface area contributed by atoms with Crippen molar-refractivity contribution in [3.63, 3.8) is 0 Å². The van der Waals surface area contributed by atoms with E-state index in [1.165, 1.54) is 5.56 Å². The first kappa shape index (κ1) is 16.1. The van der Waals surface area contributed by atoms with Crippen LogP contribution in [0.4, 0.5) is 0 Å². The highest BCUT2D eigenvalue weighted by Gasteiger charge is 2.18. The third-order valence-electron chi connectivity index (χ3n) is 3.13. The number of carbonyl (C=O) groups excluding carboxylic acids is 1. The highest BCUT2D eigenvalue weighted by atomic mass is 79.9. The molecule has 0 aliphatic carbocycles. The second-order valence-corrected chi connectivity index (χ2v) is 5.84. The van der Waals surface area contributed by atoms with E-state index in [4.69, 9.17) is 5.73 Å². The number of hydrogen-bond donors (Lipinski definition) is 1. The van der Waals surface area contributed by atoms with Crippen molar-refractivity contribution in [3.05, 3.63) is 34.3 Å². The lowest BCUT2D eigenvalue weighted by Crippen LogP contribution is -2.41. The summed E-state index contributed by atoms with van der Waals surface area (Å²) < 4.78 is 1.06. The fourth-order valence-corrected chi connectivity index (χ4v) is 2.30. The SMILES string of the molecule is CN(C)C(=O)CC(CN)N(C)Cc1cccc(Br)c1. The first-order valence-electron chi connectivity index (χ1n) is 6.29. The number of amides is 1. The van der Waals surface area contributed by atoms with Crippen molar-refractivity contribution in [2.45, 2.75) is 19.0 Å². The maximum atomic E-state index is 11.8. The number of benzene rings is 1. The van der Waals surface area contributed by atoms with Crippen LogP contribution in [0.25, 0.3) is 0 Å². The molecule has 0 bridgehead atoms. The molecule has 19 heavy (non-hydrogen) atoms. The Morgan fingerprint density at radius 1 is 1.37 bits per heavy atom. The van der Waals surface area contributed by atoms with Gasteiger partial charge in [-0.15, -0.1) is 0 Å². The van der Waals surface area contributed by atoms with Gasteiger partial charge < -0.3 is 10.6 Å². The van der Waals surface area contributed by atoms with Crippen molar-refractivity contribution in [2.75, 3.05) is 27.7 Å². The highest BCUT2D eigenvalue weighted by Crippen LogP contribution is 2.14. The van der Waals surface area contributed by atoms with Gasteiger partial charge in [0.25, 0.3) is 0 Å². The number of hydrogen-bond acceptors (Lipinski definition) is 3. The molecule has 1 amide bonds. The van der Waals surface area contributed by atoms with Gasteiger partial charge in [-0.05, 0) is 24.7 Å². The smallest absolute Gasteiger partial charge is 0.223 e. The average molecular weight is 328 g/mol. The molecular formula is C14H22BrN3O. The molecule has 4 nitrogen and oxygen atoms in total. The minimum Gasteiger partial charge on any atom is -0.349 e. The van der Waals surface area contributed by atoms with Crippen LogP contribution in [0.3, 0.4) is 0 Å². The van der Waals surface area contributed by atoms with Crippen molar-refractivity contribution in [2.24, 2.45) is 5.73 Å². The molecule has 5 heteroatoms. The van der Waals surface area contributed by atoms with Gasteiger partial charge in [-0.25, -0.2) is 0 Å². The molecule has 0 radical (unpaired) electrons. The van der Waals surface area contributed by atoms with Crippen molar-refractivity contribution in [3.8, 4) is 0 Å². The maximum Gasteiger partial charge on any atom is 0.223 e. The second kappa shape index (κ2) is 7.62. The van der Waals surface area contributed by atoms with E-state index in [-0.39, 0.29) is 11.9 Å². The van der Waals surface area contributed by atoms with E-state index < -0.39 is 0 Å². The van der Waals surface area contributed by atoms with Gasteiger partial charge in [0, 0.05) is 44.1 Å².